The van der Waals surface area contributed by atoms with Gasteiger partial charge in [0.25, 0.3) is 0 Å². The number of benzene rings is 2. The summed E-state index contributed by atoms with van der Waals surface area (Å²) in [6.45, 7) is 1.78. The number of hydrogen-bond acceptors (Lipinski definition) is 3. The first kappa shape index (κ1) is 17.5. The molecule has 1 heterocycles. The van der Waals surface area contributed by atoms with Gasteiger partial charge in [-0.05, 0) is 54.7 Å². The molecule has 140 valence electrons. The highest BCUT2D eigenvalue weighted by atomic mass is 19.1. The molecule has 27 heavy (non-hydrogen) atoms. The van der Waals surface area contributed by atoms with E-state index in [1.54, 1.807) is 18.2 Å². The summed E-state index contributed by atoms with van der Waals surface area (Å²) in [5, 5.41) is 2.72. The molecule has 2 aromatic carbocycles. The maximum atomic E-state index is 13.9. The van der Waals surface area contributed by atoms with Gasteiger partial charge in [-0.25, -0.2) is 4.39 Å². The summed E-state index contributed by atoms with van der Waals surface area (Å²) in [7, 11) is 0. The van der Waals surface area contributed by atoms with Crippen molar-refractivity contribution in [2.45, 2.75) is 19.3 Å². The standard InChI is InChI=1S/C21H22FN3O2/c22-18-6-1-2-7-19(18)24-10-12-25(13-11-24)21(27)20(26)23-17-9-8-15-4-3-5-16(15)14-17/h1-2,6-9,14H,3-5,10-13H2,(H,23,26). The third-order valence-electron chi connectivity index (χ3n) is 5.31. The van der Waals surface area contributed by atoms with Crippen LogP contribution in [0.3, 0.4) is 0 Å². The number of aryl methyl sites for hydroxylation is 2. The lowest BCUT2D eigenvalue weighted by Gasteiger charge is -2.35. The number of hydrogen-bond donors (Lipinski definition) is 1. The maximum absolute atomic E-state index is 13.9. The lowest BCUT2D eigenvalue weighted by atomic mass is 10.1. The molecule has 4 rings (SSSR count). The Morgan fingerprint density at radius 2 is 1.67 bits per heavy atom. The van der Waals surface area contributed by atoms with E-state index in [2.05, 4.69) is 5.32 Å². The van der Waals surface area contributed by atoms with Crippen molar-refractivity contribution in [1.29, 1.82) is 0 Å². The number of nitrogens with one attached hydrogen (secondary N) is 1. The van der Waals surface area contributed by atoms with E-state index in [9.17, 15) is 14.0 Å². The van der Waals surface area contributed by atoms with E-state index in [4.69, 9.17) is 0 Å². The Morgan fingerprint density at radius 1 is 0.926 bits per heavy atom. The van der Waals surface area contributed by atoms with Crippen LogP contribution in [0.25, 0.3) is 0 Å². The molecule has 1 aliphatic heterocycles. The summed E-state index contributed by atoms with van der Waals surface area (Å²) in [5.74, 6) is -1.43. The van der Waals surface area contributed by atoms with Crippen LogP contribution in [0.15, 0.2) is 42.5 Å². The Morgan fingerprint density at radius 3 is 2.44 bits per heavy atom. The van der Waals surface area contributed by atoms with Gasteiger partial charge in [-0.3, -0.25) is 9.59 Å². The molecule has 0 unspecified atom stereocenters. The third kappa shape index (κ3) is 3.65. The second-order valence-corrected chi connectivity index (χ2v) is 7.02. The molecule has 2 aromatic rings. The normalized spacial score (nSPS) is 16.2. The van der Waals surface area contributed by atoms with Gasteiger partial charge in [-0.2, -0.15) is 0 Å². The quantitative estimate of drug-likeness (QED) is 0.830. The molecule has 0 radical (unpaired) electrons. The van der Waals surface area contributed by atoms with Crippen LogP contribution < -0.4 is 10.2 Å². The molecular weight excluding hydrogens is 345 g/mol. The number of anilines is 2. The van der Waals surface area contributed by atoms with Crippen LogP contribution >= 0.6 is 0 Å². The van der Waals surface area contributed by atoms with Crippen molar-refractivity contribution in [1.82, 2.24) is 4.90 Å². The molecule has 1 fully saturated rings. The molecule has 0 bridgehead atoms. The molecule has 2 amide bonds. The van der Waals surface area contributed by atoms with E-state index < -0.39 is 11.8 Å². The maximum Gasteiger partial charge on any atom is 0.313 e. The Balaban J connectivity index is 1.35. The van der Waals surface area contributed by atoms with Crippen LogP contribution in [0.4, 0.5) is 15.8 Å². The minimum atomic E-state index is -0.618. The number of amides is 2. The van der Waals surface area contributed by atoms with Crippen molar-refractivity contribution in [2.24, 2.45) is 0 Å². The first-order valence-corrected chi connectivity index (χ1v) is 9.33. The molecule has 0 spiro atoms. The largest absolute Gasteiger partial charge is 0.366 e. The van der Waals surface area contributed by atoms with Crippen molar-refractivity contribution >= 4 is 23.2 Å². The lowest BCUT2D eigenvalue weighted by Crippen LogP contribution is -2.51. The van der Waals surface area contributed by atoms with E-state index in [0.29, 0.717) is 37.6 Å². The number of nitrogens with zero attached hydrogens (tertiary/aromatic N) is 2. The van der Waals surface area contributed by atoms with Gasteiger partial charge in [-0.15, -0.1) is 0 Å². The number of carbonyl (C=O) groups is 2. The summed E-state index contributed by atoms with van der Waals surface area (Å²) in [6.07, 6.45) is 3.23. The van der Waals surface area contributed by atoms with E-state index in [1.165, 1.54) is 22.1 Å². The lowest BCUT2D eigenvalue weighted by molar-refractivity contribution is -0.143. The van der Waals surface area contributed by atoms with Crippen LogP contribution in [-0.2, 0) is 22.4 Å². The average Bonchev–Trinajstić information content (AvgIpc) is 3.16. The van der Waals surface area contributed by atoms with E-state index >= 15 is 0 Å². The first-order chi connectivity index (χ1) is 13.1. The van der Waals surface area contributed by atoms with Crippen LogP contribution in [0.5, 0.6) is 0 Å². The van der Waals surface area contributed by atoms with E-state index in [-0.39, 0.29) is 5.82 Å². The molecule has 0 aromatic heterocycles. The SMILES string of the molecule is O=C(Nc1ccc2c(c1)CCC2)C(=O)N1CCN(c2ccccc2F)CC1. The van der Waals surface area contributed by atoms with Gasteiger partial charge in [0.1, 0.15) is 5.82 Å². The Kier molecular flexibility index (Phi) is 4.79. The zero-order valence-electron chi connectivity index (χ0n) is 15.1. The highest BCUT2D eigenvalue weighted by Crippen LogP contribution is 2.25. The predicted molar refractivity (Wildman–Crippen MR) is 102 cm³/mol. The second kappa shape index (κ2) is 7.39. The fourth-order valence-electron chi connectivity index (χ4n) is 3.84. The van der Waals surface area contributed by atoms with Gasteiger partial charge in [-0.1, -0.05) is 18.2 Å². The molecule has 1 aliphatic carbocycles. The molecule has 1 saturated heterocycles. The summed E-state index contributed by atoms with van der Waals surface area (Å²) in [6, 6.07) is 12.4. The number of halogens is 1. The highest BCUT2D eigenvalue weighted by molar-refractivity contribution is 6.39. The summed E-state index contributed by atoms with van der Waals surface area (Å²) in [4.78, 5) is 28.2. The third-order valence-corrected chi connectivity index (χ3v) is 5.31. The zero-order chi connectivity index (χ0) is 18.8. The second-order valence-electron chi connectivity index (χ2n) is 7.02. The molecular formula is C21H22FN3O2. The summed E-state index contributed by atoms with van der Waals surface area (Å²) < 4.78 is 13.9. The summed E-state index contributed by atoms with van der Waals surface area (Å²) >= 11 is 0. The summed E-state index contributed by atoms with van der Waals surface area (Å²) in [5.41, 5.74) is 3.77. The number of fused-ring (bicyclic) bond motifs is 1. The fraction of sp³-hybridized carbons (Fsp3) is 0.333. The number of piperazine rings is 1. The van der Waals surface area contributed by atoms with Gasteiger partial charge in [0.2, 0.25) is 0 Å². The molecule has 2 aliphatic rings. The topological polar surface area (TPSA) is 52.7 Å². The molecule has 0 atom stereocenters. The highest BCUT2D eigenvalue weighted by Gasteiger charge is 2.27. The van der Waals surface area contributed by atoms with Gasteiger partial charge >= 0.3 is 11.8 Å². The van der Waals surface area contributed by atoms with Crippen molar-refractivity contribution in [3.05, 3.63) is 59.4 Å². The van der Waals surface area contributed by atoms with Crippen molar-refractivity contribution in [3.8, 4) is 0 Å². The van der Waals surface area contributed by atoms with Gasteiger partial charge in [0, 0.05) is 31.9 Å². The molecule has 1 N–H and O–H groups in total. The van der Waals surface area contributed by atoms with Crippen molar-refractivity contribution in [2.75, 3.05) is 36.4 Å². The Bertz CT molecular complexity index is 875. The Hall–Kier alpha value is -2.89. The number of rotatable bonds is 2. The fourth-order valence-corrected chi connectivity index (χ4v) is 3.84. The first-order valence-electron chi connectivity index (χ1n) is 9.33. The molecule has 0 saturated carbocycles. The molecule has 5 nitrogen and oxygen atoms in total. The van der Waals surface area contributed by atoms with Crippen LogP contribution in [-0.4, -0.2) is 42.9 Å². The van der Waals surface area contributed by atoms with Crippen LogP contribution in [0, 0.1) is 5.82 Å². The number of carbonyl (C=O) groups excluding carboxylic acids is 2. The van der Waals surface area contributed by atoms with Crippen LogP contribution in [0.2, 0.25) is 0 Å². The average molecular weight is 367 g/mol. The Labute approximate surface area is 157 Å². The van der Waals surface area contributed by atoms with E-state index in [1.807, 2.05) is 23.1 Å². The smallest absolute Gasteiger partial charge is 0.313 e. The van der Waals surface area contributed by atoms with Gasteiger partial charge < -0.3 is 15.1 Å². The monoisotopic (exact) mass is 367 g/mol. The van der Waals surface area contributed by atoms with Crippen molar-refractivity contribution < 1.29 is 14.0 Å². The van der Waals surface area contributed by atoms with Gasteiger partial charge in [0.05, 0.1) is 5.69 Å². The van der Waals surface area contributed by atoms with Gasteiger partial charge in [0.15, 0.2) is 0 Å². The van der Waals surface area contributed by atoms with E-state index in [0.717, 1.165) is 19.3 Å². The predicted octanol–water partition coefficient (Wildman–Crippen LogP) is 2.60. The zero-order valence-corrected chi connectivity index (χ0v) is 15.1. The minimum Gasteiger partial charge on any atom is -0.366 e. The van der Waals surface area contributed by atoms with Crippen molar-refractivity contribution in [3.63, 3.8) is 0 Å². The minimum absolute atomic E-state index is 0.272. The molecule has 6 heteroatoms. The van der Waals surface area contributed by atoms with Crippen LogP contribution in [0.1, 0.15) is 17.5 Å². The number of para-hydroxylation sites is 1.